The number of nitro groups is 2. The van der Waals surface area contributed by atoms with E-state index < -0.39 is 21.7 Å². The molecule has 0 unspecified atom stereocenters. The topological polar surface area (TPSA) is 539 Å². The number of hydrogen-bond acceptors (Lipinski definition) is 37. The average Bonchev–Trinajstić information content (AvgIpc) is 1.67. The van der Waals surface area contributed by atoms with Crippen LogP contribution in [0.25, 0.3) is 11.3 Å². The number of hydrogen-bond donors (Lipinski definition) is 9. The molecule has 147 heavy (non-hydrogen) atoms. The molecule has 0 aliphatic heterocycles. The van der Waals surface area contributed by atoms with E-state index in [0.717, 1.165) is 91.5 Å². The van der Waals surface area contributed by atoms with Crippen molar-refractivity contribution in [1.29, 1.82) is 0 Å². The Morgan fingerprint density at radius 3 is 1.23 bits per heavy atom. The Morgan fingerprint density at radius 1 is 0.408 bits per heavy atom. The van der Waals surface area contributed by atoms with Crippen LogP contribution in [0.15, 0.2) is 232 Å². The number of ether oxygens (including phenoxy) is 2. The second-order valence-corrected chi connectivity index (χ2v) is 41.9. The second kappa shape index (κ2) is 57.3. The summed E-state index contributed by atoms with van der Waals surface area (Å²) in [7, 11) is 0. The highest BCUT2D eigenvalue weighted by Crippen LogP contribution is 2.32. The number of halogens is 3. The summed E-state index contributed by atoms with van der Waals surface area (Å²) in [5.74, 6) is -1.93. The number of anilines is 9. The fourth-order valence-corrected chi connectivity index (χ4v) is 17.6. The van der Waals surface area contributed by atoms with Crippen LogP contribution in [0.3, 0.4) is 0 Å². The van der Waals surface area contributed by atoms with Crippen molar-refractivity contribution in [3.63, 3.8) is 0 Å². The van der Waals surface area contributed by atoms with Gasteiger partial charge in [0.1, 0.15) is 36.0 Å². The number of furan rings is 3. The van der Waals surface area contributed by atoms with Crippen molar-refractivity contribution < 1.29 is 84.9 Å². The first-order chi connectivity index (χ1) is 70.3. The lowest BCUT2D eigenvalue weighted by Crippen LogP contribution is -2.18. The molecule has 0 atom stereocenters. The number of carbonyl (C=O) groups is 10. The van der Waals surface area contributed by atoms with Crippen LogP contribution in [-0.2, 0) is 19.1 Å². The standard InChI is InChI=1S/C16H14N2O2S.C15H15N3O6S.C12H11ClN2OS.C12H13N5O4S2.C12H12N2OS.C11H9FN2OS.C9H7BrN2O2S.C9H8N2O2S/c1-10-5-3-4-6-12(10)13-7-8-14(20-13)15(19)18-16-17-9-11(2)21-16;1-2-7-23-13(19)9-24-11-6-4-3-5-10(11)14(20)17-15-16-8-12(25-15)18(21)22;1-7-5-9(3-4-10(7)13)11(16)15-12-14-6-8(2)17-12;1-7-5-13-11(22-7)15-8(18)3-2-4-9(19)16-12-14-6-10(23-12)17(20)21;1-8-4-3-5-10(6-8)11(15)14-12-13-7-9(2)16-12;1-7-6-13-11(16-7)14-10(15)8-2-4-9(12)5-3-8;1-5-4-11-9(15-5)12-8(13)6-2-3-7(10)14-6;1-6-4-10-9(14-6)11-8(12)7-2-3-13-5-7/h3-9H,1-2H3,(H,17,18,19);3-6,8H,2,7,9H2,1H3,(H,16,17,20);3-6H,1-2H3,(H,14,15,16);5-6H,2-4H2,1H3,(H,13,15,18)(H,14,16,19);3-7H,1-2H3,(H,13,14,15);2-6H,1H3,(H,13,14,15);2-4H,1H3,(H,11,12,13);2-5H,1H3,(H,10,11,12). The van der Waals surface area contributed by atoms with Gasteiger partial charge in [0, 0.05) is 118 Å². The molecule has 51 heteroatoms. The average molecular weight is 2250 g/mol. The van der Waals surface area contributed by atoms with E-state index in [1.165, 1.54) is 128 Å². The zero-order valence-electron chi connectivity index (χ0n) is 79.4. The van der Waals surface area contributed by atoms with Crippen LogP contribution in [-0.4, -0.2) is 127 Å². The van der Waals surface area contributed by atoms with Gasteiger partial charge < -0.3 is 33.4 Å². The molecule has 0 aliphatic carbocycles. The first-order valence-electron chi connectivity index (χ1n) is 43.2. The Balaban J connectivity index is 0.000000173. The molecule has 0 aliphatic rings. The predicted octanol–water partition coefficient (Wildman–Crippen LogP) is 24.3. The summed E-state index contributed by atoms with van der Waals surface area (Å²) in [6.07, 6.45) is 18.3. The Labute approximate surface area is 887 Å². The zero-order chi connectivity index (χ0) is 106. The molecule has 0 fully saturated rings. The molecular formula is C96H89BrClFN20O19S9. The van der Waals surface area contributed by atoms with E-state index in [0.29, 0.717) is 93.1 Å². The Morgan fingerprint density at radius 2 is 0.810 bits per heavy atom. The van der Waals surface area contributed by atoms with Crippen LogP contribution in [0.4, 0.5) is 60.6 Å². The van der Waals surface area contributed by atoms with Gasteiger partial charge in [0.2, 0.25) is 11.8 Å². The molecular weight excluding hydrogens is 2160 g/mol. The molecule has 762 valence electrons. The molecule has 0 radical (unpaired) electrons. The van der Waals surface area contributed by atoms with Gasteiger partial charge in [-0.15, -0.1) is 79.4 Å². The van der Waals surface area contributed by atoms with Gasteiger partial charge in [-0.3, -0.25) is 101 Å². The Kier molecular flexibility index (Phi) is 44.3. The normalized spacial score (nSPS) is 10.2. The number of nitrogens with zero attached hydrogens (tertiary/aromatic N) is 11. The van der Waals surface area contributed by atoms with Gasteiger partial charge in [-0.1, -0.05) is 72.6 Å². The van der Waals surface area contributed by atoms with Gasteiger partial charge in [0.25, 0.3) is 41.4 Å². The molecule has 9 N–H and O–H groups in total. The van der Waals surface area contributed by atoms with Crippen LogP contribution < -0.4 is 52.6 Å². The molecule has 5 aromatic carbocycles. The maximum Gasteiger partial charge on any atom is 0.345 e. The van der Waals surface area contributed by atoms with Crippen molar-refractivity contribution in [1.82, 2.24) is 44.9 Å². The largest absolute Gasteiger partial charge is 0.481 e. The first kappa shape index (κ1) is 114. The molecule has 12 aromatic heterocycles. The van der Waals surface area contributed by atoms with E-state index in [4.69, 9.17) is 34.3 Å². The van der Waals surface area contributed by atoms with E-state index >= 15 is 0 Å². The van der Waals surface area contributed by atoms with E-state index in [9.17, 15) is 72.6 Å². The fraction of sp³-hybridized carbons (Fsp3) is 0.177. The highest BCUT2D eigenvalue weighted by Gasteiger charge is 2.23. The quantitative estimate of drug-likeness (QED) is 0.0125. The van der Waals surface area contributed by atoms with Gasteiger partial charge in [0.05, 0.1) is 33.8 Å². The fourth-order valence-electron chi connectivity index (χ4n) is 11.3. The van der Waals surface area contributed by atoms with Gasteiger partial charge in [-0.05, 0) is 229 Å². The van der Waals surface area contributed by atoms with Crippen molar-refractivity contribution in [2.45, 2.75) is 102 Å². The van der Waals surface area contributed by atoms with Crippen molar-refractivity contribution in [3.8, 4) is 17.1 Å². The summed E-state index contributed by atoms with van der Waals surface area (Å²) in [6.45, 7) is 21.2. The van der Waals surface area contributed by atoms with Crippen molar-refractivity contribution in [2.24, 2.45) is 0 Å². The third-order valence-corrected chi connectivity index (χ3v) is 26.5. The number of para-hydroxylation sites is 1. The van der Waals surface area contributed by atoms with Crippen LogP contribution in [0.2, 0.25) is 5.02 Å². The lowest BCUT2D eigenvalue weighted by molar-refractivity contribution is -0.380. The third-order valence-electron chi connectivity index (χ3n) is 18.1. The number of esters is 1. The van der Waals surface area contributed by atoms with Gasteiger partial charge >= 0.3 is 16.0 Å². The Hall–Kier alpha value is -15.4. The van der Waals surface area contributed by atoms with Crippen LogP contribution in [0.1, 0.15) is 156 Å². The summed E-state index contributed by atoms with van der Waals surface area (Å²) in [5, 5.41) is 49.7. The maximum absolute atomic E-state index is 12.6. The molecule has 0 spiro atoms. The second-order valence-electron chi connectivity index (χ2n) is 30.0. The number of nitrogens with one attached hydrogen (secondary N) is 9. The molecule has 0 saturated carbocycles. The maximum atomic E-state index is 12.6. The smallest absolute Gasteiger partial charge is 0.345 e. The summed E-state index contributed by atoms with van der Waals surface area (Å²) >= 11 is 20.6. The summed E-state index contributed by atoms with van der Waals surface area (Å²) in [4.78, 5) is 181. The Bertz CT molecular complexity index is 7370. The predicted molar refractivity (Wildman–Crippen MR) is 573 cm³/mol. The molecule has 9 amide bonds. The van der Waals surface area contributed by atoms with E-state index in [2.05, 4.69) is 109 Å². The van der Waals surface area contributed by atoms with Crippen LogP contribution in [0.5, 0.6) is 5.75 Å². The van der Waals surface area contributed by atoms with Crippen molar-refractivity contribution in [2.75, 3.05) is 61.1 Å². The number of amides is 9. The number of rotatable bonds is 28. The lowest BCUT2D eigenvalue weighted by atomic mass is 10.1. The monoisotopic (exact) mass is 2250 g/mol. The van der Waals surface area contributed by atoms with Gasteiger partial charge in [-0.2, -0.15) is 0 Å². The summed E-state index contributed by atoms with van der Waals surface area (Å²) in [6, 6.07) is 40.6. The molecule has 0 bridgehead atoms. The molecule has 17 rings (SSSR count). The molecule has 17 aromatic rings. The summed E-state index contributed by atoms with van der Waals surface area (Å²) in [5.41, 5.74) is 6.37. The SMILES string of the molecule is CCCOC(=O)COc1ccccc1C(=O)Nc1ncc([N+](=O)[O-])s1.Cc1cccc(C(=O)Nc2ncc(C)s2)c1.Cc1cnc(NC(=O)CCCC(=O)Nc2ncc([N+](=O)[O-])s2)s1.Cc1cnc(NC(=O)c2ccc(-c3ccccc3C)o2)s1.Cc1cnc(NC(=O)c2ccc(Br)o2)s1.Cc1cnc(NC(=O)c2ccc(Cl)c(C)c2)s1.Cc1cnc(NC(=O)c2ccc(F)cc2)s1.Cc1cnc(NC(=O)c2ccoc2)s1. The number of aromatic nitrogens is 9. The van der Waals surface area contributed by atoms with E-state index in [1.807, 2.05) is 125 Å². The van der Waals surface area contributed by atoms with Gasteiger partial charge in [0.15, 0.2) is 69.0 Å². The first-order valence-corrected chi connectivity index (χ1v) is 51.7. The highest BCUT2D eigenvalue weighted by atomic mass is 79.9. The lowest BCUT2D eigenvalue weighted by Gasteiger charge is -2.10. The zero-order valence-corrected chi connectivity index (χ0v) is 89.1. The number of thiazole rings is 9. The number of carbonyl (C=O) groups excluding carboxylic acids is 10. The minimum absolute atomic E-state index is 0.0915. The van der Waals surface area contributed by atoms with Gasteiger partial charge in [-0.25, -0.2) is 54.0 Å². The molecule has 39 nitrogen and oxygen atoms in total. The van der Waals surface area contributed by atoms with Crippen LogP contribution >= 0.6 is 130 Å². The van der Waals surface area contributed by atoms with Crippen LogP contribution in [0, 0.1) is 95.3 Å². The minimum Gasteiger partial charge on any atom is -0.481 e. The number of benzene rings is 5. The summed E-state index contributed by atoms with van der Waals surface area (Å²) < 4.78 is 39.0. The van der Waals surface area contributed by atoms with E-state index in [-0.39, 0.29) is 116 Å². The third kappa shape index (κ3) is 38.6. The van der Waals surface area contributed by atoms with E-state index in [1.54, 1.807) is 104 Å². The number of aryl methyl sites for hydroxylation is 10. The molecule has 12 heterocycles. The minimum atomic E-state index is -0.591. The molecule has 0 saturated heterocycles. The highest BCUT2D eigenvalue weighted by molar-refractivity contribution is 9.10. The van der Waals surface area contributed by atoms with Crippen molar-refractivity contribution >= 4 is 245 Å². The van der Waals surface area contributed by atoms with Crippen molar-refractivity contribution in [3.05, 3.63) is 340 Å².